The van der Waals surface area contributed by atoms with Crippen molar-refractivity contribution in [2.24, 2.45) is 7.05 Å². The molecular weight excluding hydrogens is 560 g/mol. The van der Waals surface area contributed by atoms with E-state index in [4.69, 9.17) is 4.74 Å². The van der Waals surface area contributed by atoms with Gasteiger partial charge < -0.3 is 9.84 Å². The van der Waals surface area contributed by atoms with Gasteiger partial charge in [-0.2, -0.15) is 0 Å². The molecular formula is C35H26N2O7. The quantitative estimate of drug-likeness (QED) is 0.0761. The highest BCUT2D eigenvalue weighted by molar-refractivity contribution is 6.26. The molecule has 5 aromatic carbocycles. The van der Waals surface area contributed by atoms with Gasteiger partial charge in [0.05, 0.1) is 10.9 Å². The summed E-state index contributed by atoms with van der Waals surface area (Å²) in [5.41, 5.74) is -1.07. The number of benzene rings is 5. The number of aliphatic hydroxyl groups excluding tert-OH is 1. The predicted molar refractivity (Wildman–Crippen MR) is 167 cm³/mol. The third kappa shape index (κ3) is 4.04. The van der Waals surface area contributed by atoms with E-state index in [-0.39, 0.29) is 40.4 Å². The minimum atomic E-state index is -0.809. The van der Waals surface area contributed by atoms with Crippen molar-refractivity contribution in [3.8, 4) is 5.75 Å². The fraction of sp³-hybridized carbons (Fsp3) is 0.171. The summed E-state index contributed by atoms with van der Waals surface area (Å²) >= 11 is 0. The molecule has 6 aromatic rings. The highest BCUT2D eigenvalue weighted by Crippen LogP contribution is 2.38. The van der Waals surface area contributed by atoms with Crippen LogP contribution in [0.1, 0.15) is 30.4 Å². The zero-order valence-corrected chi connectivity index (χ0v) is 24.0. The summed E-state index contributed by atoms with van der Waals surface area (Å²) in [6.07, 6.45) is 0.712. The Balaban J connectivity index is 1.30. The number of aromatic nitrogens is 2. The number of carbonyl (C=O) groups excluding carboxylic acids is 3. The van der Waals surface area contributed by atoms with Crippen molar-refractivity contribution in [2.75, 3.05) is 0 Å². The summed E-state index contributed by atoms with van der Waals surface area (Å²) in [5, 5.41) is 16.9. The molecule has 0 unspecified atom stereocenters. The van der Waals surface area contributed by atoms with Gasteiger partial charge in [-0.05, 0) is 64.7 Å². The van der Waals surface area contributed by atoms with Crippen LogP contribution in [-0.2, 0) is 28.0 Å². The molecule has 0 amide bonds. The first-order valence-electron chi connectivity index (χ1n) is 14.3. The van der Waals surface area contributed by atoms with Crippen LogP contribution in [0.5, 0.6) is 5.75 Å². The maximum Gasteiger partial charge on any atom is 0.331 e. The molecule has 0 radical (unpaired) electrons. The van der Waals surface area contributed by atoms with E-state index in [1.807, 2.05) is 48.5 Å². The number of esters is 1. The lowest BCUT2D eigenvalue weighted by atomic mass is 9.88. The van der Waals surface area contributed by atoms with Gasteiger partial charge in [0.2, 0.25) is 0 Å². The summed E-state index contributed by atoms with van der Waals surface area (Å²) in [6, 6.07) is 20.5. The number of hydrogen-bond acceptors (Lipinski definition) is 7. The van der Waals surface area contributed by atoms with E-state index in [9.17, 15) is 29.1 Å². The van der Waals surface area contributed by atoms with Gasteiger partial charge in [-0.25, -0.2) is 14.2 Å². The molecule has 0 saturated heterocycles. The van der Waals surface area contributed by atoms with E-state index in [0.717, 1.165) is 36.9 Å². The largest absolute Gasteiger partial charge is 0.506 e. The van der Waals surface area contributed by atoms with Crippen LogP contribution in [0.15, 0.2) is 81.9 Å². The number of Topliss-reactive ketones (excluding diaryl/α,β-unsaturated/α-hetero) is 2. The van der Waals surface area contributed by atoms with Gasteiger partial charge in [-0.3, -0.25) is 19.0 Å². The average Bonchev–Trinajstić information content (AvgIpc) is 3.01. The van der Waals surface area contributed by atoms with Crippen molar-refractivity contribution < 1.29 is 24.2 Å². The van der Waals surface area contributed by atoms with Crippen LogP contribution >= 0.6 is 0 Å². The van der Waals surface area contributed by atoms with Crippen molar-refractivity contribution in [1.82, 2.24) is 9.13 Å². The normalized spacial score (nSPS) is 13.9. The number of aryl methyl sites for hydroxylation is 2. The van der Waals surface area contributed by atoms with Crippen LogP contribution in [0.4, 0.5) is 0 Å². The van der Waals surface area contributed by atoms with Crippen molar-refractivity contribution in [1.29, 1.82) is 0 Å². The summed E-state index contributed by atoms with van der Waals surface area (Å²) in [6.45, 7) is 0.905. The lowest BCUT2D eigenvalue weighted by Crippen LogP contribution is -2.41. The van der Waals surface area contributed by atoms with Crippen LogP contribution in [0.2, 0.25) is 0 Å². The van der Waals surface area contributed by atoms with E-state index in [0.29, 0.717) is 12.2 Å². The smallest absolute Gasteiger partial charge is 0.331 e. The highest BCUT2D eigenvalue weighted by atomic mass is 16.5. The maximum atomic E-state index is 13.7. The fourth-order valence-corrected chi connectivity index (χ4v) is 6.44. The summed E-state index contributed by atoms with van der Waals surface area (Å²) < 4.78 is 7.79. The lowest BCUT2D eigenvalue weighted by Gasteiger charge is -2.17. The minimum absolute atomic E-state index is 0.0722. The lowest BCUT2D eigenvalue weighted by molar-refractivity contribution is -0.135. The first kappa shape index (κ1) is 27.3. The maximum absolute atomic E-state index is 13.7. The number of carbonyl (C=O) groups is 3. The first-order chi connectivity index (χ1) is 21.2. The molecule has 0 bridgehead atoms. The monoisotopic (exact) mass is 586 g/mol. The molecule has 44 heavy (non-hydrogen) atoms. The minimum Gasteiger partial charge on any atom is -0.506 e. The number of ketones is 2. The summed E-state index contributed by atoms with van der Waals surface area (Å²) in [5.74, 6) is -1.90. The second-order valence-electron chi connectivity index (χ2n) is 11.2. The fourth-order valence-electron chi connectivity index (χ4n) is 6.44. The van der Waals surface area contributed by atoms with E-state index in [2.05, 4.69) is 0 Å². The molecule has 9 nitrogen and oxygen atoms in total. The van der Waals surface area contributed by atoms with E-state index >= 15 is 0 Å². The Labute approximate surface area is 249 Å². The zero-order valence-electron chi connectivity index (χ0n) is 24.0. The number of fused-ring (bicyclic) bond motifs is 1. The van der Waals surface area contributed by atoms with Gasteiger partial charge in [-0.1, -0.05) is 42.5 Å². The Kier molecular flexibility index (Phi) is 6.21. The van der Waals surface area contributed by atoms with E-state index in [1.165, 1.54) is 23.7 Å². The van der Waals surface area contributed by atoms with Crippen LogP contribution in [0, 0.1) is 6.92 Å². The number of allylic oxidation sites excluding steroid dienone is 1. The average molecular weight is 587 g/mol. The van der Waals surface area contributed by atoms with Gasteiger partial charge in [-0.15, -0.1) is 0 Å². The second kappa shape index (κ2) is 10.0. The molecule has 0 atom stereocenters. The molecule has 7 rings (SSSR count). The van der Waals surface area contributed by atoms with Gasteiger partial charge >= 0.3 is 11.7 Å². The Bertz CT molecular complexity index is 2360. The number of nitrogens with zero attached hydrogens (tertiary/aromatic N) is 2. The molecule has 1 aliphatic rings. The molecule has 1 N–H and O–H groups in total. The van der Waals surface area contributed by atoms with Gasteiger partial charge in [0.15, 0.2) is 11.6 Å². The number of hydrogen-bond donors (Lipinski definition) is 1. The van der Waals surface area contributed by atoms with Crippen LogP contribution in [0.25, 0.3) is 49.0 Å². The summed E-state index contributed by atoms with van der Waals surface area (Å²) in [7, 11) is 1.47. The van der Waals surface area contributed by atoms with Crippen LogP contribution in [-0.4, -0.2) is 31.8 Å². The van der Waals surface area contributed by atoms with Crippen molar-refractivity contribution in [3.05, 3.63) is 104 Å². The van der Waals surface area contributed by atoms with Crippen LogP contribution < -0.4 is 16.0 Å². The highest BCUT2D eigenvalue weighted by Gasteiger charge is 2.29. The predicted octanol–water partition coefficient (Wildman–Crippen LogP) is 5.10. The molecule has 0 spiro atoms. The Hall–Kier alpha value is -5.57. The molecule has 1 heterocycles. The third-order valence-electron chi connectivity index (χ3n) is 8.64. The Morgan fingerprint density at radius 2 is 1.45 bits per heavy atom. The van der Waals surface area contributed by atoms with Crippen molar-refractivity contribution in [3.63, 3.8) is 0 Å². The Morgan fingerprint density at radius 3 is 2.16 bits per heavy atom. The molecule has 1 saturated carbocycles. The summed E-state index contributed by atoms with van der Waals surface area (Å²) in [4.78, 5) is 65.2. The van der Waals surface area contributed by atoms with Crippen molar-refractivity contribution in [2.45, 2.75) is 32.7 Å². The van der Waals surface area contributed by atoms with E-state index < -0.39 is 41.1 Å². The molecule has 1 aromatic heterocycles. The Morgan fingerprint density at radius 1 is 0.818 bits per heavy atom. The molecule has 218 valence electrons. The number of ether oxygens (including phenoxy) is 1. The molecule has 1 fully saturated rings. The molecule has 0 aliphatic heterocycles. The van der Waals surface area contributed by atoms with Gasteiger partial charge in [0.25, 0.3) is 5.56 Å². The zero-order chi connectivity index (χ0) is 30.9. The number of aliphatic hydroxyl groups is 1. The SMILES string of the molecule is Cc1c(C(O)=C2C(=O)CCCC2=O)ccc2c1c(=O)n(CC(=O)Oc1ccc3ccc4cccc5ccc1c3c45)c(=O)n2C. The standard InChI is InChI=1S/C35H26N2O7/c1-18-22(33(41)32-25(38)7-4-8-26(32)39)14-15-24-29(18)34(42)37(35(43)36(24)2)17-28(40)44-27-16-12-21-10-9-19-5-3-6-20-11-13-23(27)31(21)30(19)20/h3,5-6,9-16,41H,4,7-8,17H2,1-2H3. The van der Waals surface area contributed by atoms with E-state index in [1.54, 1.807) is 13.0 Å². The van der Waals surface area contributed by atoms with Gasteiger partial charge in [0, 0.05) is 36.2 Å². The van der Waals surface area contributed by atoms with Crippen molar-refractivity contribution >= 4 is 66.5 Å². The first-order valence-corrected chi connectivity index (χ1v) is 14.3. The third-order valence-corrected chi connectivity index (χ3v) is 8.64. The van der Waals surface area contributed by atoms with Gasteiger partial charge in [0.1, 0.15) is 23.6 Å². The number of rotatable bonds is 4. The second-order valence-corrected chi connectivity index (χ2v) is 11.2. The molecule has 9 heteroatoms. The topological polar surface area (TPSA) is 125 Å². The van der Waals surface area contributed by atoms with Crippen LogP contribution in [0.3, 0.4) is 0 Å². The molecule has 1 aliphatic carbocycles.